The van der Waals surface area contributed by atoms with Gasteiger partial charge in [-0.05, 0) is 6.07 Å². The van der Waals surface area contributed by atoms with Gasteiger partial charge in [-0.15, -0.1) is 0 Å². The smallest absolute Gasteiger partial charge is 0.234 e. The molecule has 0 saturated heterocycles. The Balaban J connectivity index is 2.34. The lowest BCUT2D eigenvalue weighted by atomic mass is 10.3. The predicted octanol–water partition coefficient (Wildman–Crippen LogP) is 0.288. The van der Waals surface area contributed by atoms with E-state index in [0.717, 1.165) is 12.1 Å². The van der Waals surface area contributed by atoms with Gasteiger partial charge in [0.25, 0.3) is 0 Å². The van der Waals surface area contributed by atoms with Crippen LogP contribution in [0.3, 0.4) is 0 Å². The average Bonchev–Trinajstić information content (AvgIpc) is 2.41. The fraction of sp³-hybridized carbons (Fsp3) is 0.333. The Morgan fingerprint density at radius 1 is 1.80 bits per heavy atom. The fourth-order valence-corrected chi connectivity index (χ4v) is 0.646. The zero-order valence-corrected chi connectivity index (χ0v) is 5.37. The number of aliphatic imine (C=N–C) groups is 1. The fourth-order valence-electron chi connectivity index (χ4n) is 0.646. The van der Waals surface area contributed by atoms with E-state index in [1.165, 1.54) is 6.08 Å². The predicted molar refractivity (Wildman–Crippen MR) is 35.3 cm³/mol. The molecule has 10 heavy (non-hydrogen) atoms. The number of carbonyl (C=O) groups excluding carboxylic acids is 1. The lowest BCUT2D eigenvalue weighted by Crippen LogP contribution is -1.88. The molecule has 0 aliphatic rings. The molecule has 52 valence electrons. The minimum Gasteiger partial charge on any atom is -0.283 e. The van der Waals surface area contributed by atoms with Gasteiger partial charge in [0.2, 0.25) is 6.08 Å². The van der Waals surface area contributed by atoms with Crippen LogP contribution < -0.4 is 0 Å². The summed E-state index contributed by atoms with van der Waals surface area (Å²) in [5.41, 5.74) is 0.985. The molecule has 1 rings (SSSR count). The van der Waals surface area contributed by atoms with Crippen molar-refractivity contribution in [1.82, 2.24) is 10.2 Å². The molecule has 1 heterocycles. The maximum atomic E-state index is 9.62. The molecule has 0 saturated carbocycles. The molecular formula is C6H7N3O. The monoisotopic (exact) mass is 137 g/mol. The van der Waals surface area contributed by atoms with Crippen molar-refractivity contribution in [1.29, 1.82) is 0 Å². The molecule has 0 fully saturated rings. The number of hydrogen-bond acceptors (Lipinski definition) is 3. The molecule has 0 atom stereocenters. The standard InChI is InChI=1S/C6H7N3O/c10-5-7-3-1-6-2-4-8-9-6/h2,4H,1,3H2,(H,8,9). The summed E-state index contributed by atoms with van der Waals surface area (Å²) in [5.74, 6) is 0. The first kappa shape index (κ1) is 6.71. The Labute approximate surface area is 58.0 Å². The van der Waals surface area contributed by atoms with Crippen molar-refractivity contribution in [3.63, 3.8) is 0 Å². The van der Waals surface area contributed by atoms with Gasteiger partial charge in [-0.25, -0.2) is 9.79 Å². The van der Waals surface area contributed by atoms with Crippen LogP contribution in [0.2, 0.25) is 0 Å². The molecular weight excluding hydrogens is 130 g/mol. The lowest BCUT2D eigenvalue weighted by Gasteiger charge is -1.86. The summed E-state index contributed by atoms with van der Waals surface area (Å²) in [7, 11) is 0. The summed E-state index contributed by atoms with van der Waals surface area (Å²) in [6, 6.07) is 1.85. The topological polar surface area (TPSA) is 58.1 Å². The highest BCUT2D eigenvalue weighted by Gasteiger charge is 1.89. The van der Waals surface area contributed by atoms with Gasteiger partial charge in [-0.1, -0.05) is 0 Å². The van der Waals surface area contributed by atoms with Crippen molar-refractivity contribution in [2.45, 2.75) is 6.42 Å². The van der Waals surface area contributed by atoms with E-state index >= 15 is 0 Å². The number of rotatable bonds is 3. The molecule has 0 aliphatic heterocycles. The van der Waals surface area contributed by atoms with Gasteiger partial charge in [0, 0.05) is 18.3 Å². The van der Waals surface area contributed by atoms with Crippen LogP contribution in [0.15, 0.2) is 17.3 Å². The van der Waals surface area contributed by atoms with Gasteiger partial charge < -0.3 is 0 Å². The third-order valence-electron chi connectivity index (χ3n) is 1.12. The van der Waals surface area contributed by atoms with Crippen LogP contribution in [-0.2, 0) is 11.2 Å². The number of aromatic amines is 1. The summed E-state index contributed by atoms with van der Waals surface area (Å²) < 4.78 is 0. The largest absolute Gasteiger partial charge is 0.283 e. The van der Waals surface area contributed by atoms with E-state index < -0.39 is 0 Å². The van der Waals surface area contributed by atoms with Gasteiger partial charge in [0.15, 0.2) is 0 Å². The van der Waals surface area contributed by atoms with Gasteiger partial charge in [-0.3, -0.25) is 5.10 Å². The van der Waals surface area contributed by atoms with E-state index in [2.05, 4.69) is 15.2 Å². The zero-order valence-electron chi connectivity index (χ0n) is 5.37. The molecule has 0 amide bonds. The van der Waals surface area contributed by atoms with Crippen molar-refractivity contribution in [2.75, 3.05) is 6.54 Å². The van der Waals surface area contributed by atoms with E-state index in [4.69, 9.17) is 0 Å². The van der Waals surface area contributed by atoms with Crippen LogP contribution in [0.25, 0.3) is 0 Å². The molecule has 0 radical (unpaired) electrons. The highest BCUT2D eigenvalue weighted by Crippen LogP contribution is 1.91. The van der Waals surface area contributed by atoms with Gasteiger partial charge in [0.1, 0.15) is 0 Å². The summed E-state index contributed by atoms with van der Waals surface area (Å²) in [6.45, 7) is 0.478. The average molecular weight is 137 g/mol. The quantitative estimate of drug-likeness (QED) is 0.480. The Morgan fingerprint density at radius 3 is 3.30 bits per heavy atom. The van der Waals surface area contributed by atoms with Crippen LogP contribution in [0.1, 0.15) is 5.69 Å². The SMILES string of the molecule is O=C=NCCc1ccn[nH]1. The van der Waals surface area contributed by atoms with Crippen molar-refractivity contribution in [2.24, 2.45) is 4.99 Å². The molecule has 1 N–H and O–H groups in total. The molecule has 1 aromatic heterocycles. The Hall–Kier alpha value is -1.41. The third kappa shape index (κ3) is 1.84. The molecule has 1 aromatic rings. The molecule has 0 aliphatic carbocycles. The highest BCUT2D eigenvalue weighted by atomic mass is 16.1. The van der Waals surface area contributed by atoms with E-state index in [0.29, 0.717) is 6.54 Å². The highest BCUT2D eigenvalue weighted by molar-refractivity contribution is 5.32. The molecule has 4 nitrogen and oxygen atoms in total. The number of isocyanates is 1. The number of aromatic nitrogens is 2. The summed E-state index contributed by atoms with van der Waals surface area (Å²) in [4.78, 5) is 13.0. The van der Waals surface area contributed by atoms with Gasteiger partial charge >= 0.3 is 0 Å². The molecule has 0 unspecified atom stereocenters. The summed E-state index contributed by atoms with van der Waals surface area (Å²) in [5, 5.41) is 6.49. The molecule has 0 spiro atoms. The number of H-pyrrole nitrogens is 1. The zero-order chi connectivity index (χ0) is 7.23. The van der Waals surface area contributed by atoms with Crippen LogP contribution in [0.5, 0.6) is 0 Å². The molecule has 4 heteroatoms. The van der Waals surface area contributed by atoms with Crippen LogP contribution in [0, 0.1) is 0 Å². The van der Waals surface area contributed by atoms with E-state index in [1.54, 1.807) is 6.20 Å². The maximum Gasteiger partial charge on any atom is 0.234 e. The summed E-state index contributed by atoms with van der Waals surface area (Å²) >= 11 is 0. The first-order valence-electron chi connectivity index (χ1n) is 2.95. The number of hydrogen-bond donors (Lipinski definition) is 1. The van der Waals surface area contributed by atoms with Gasteiger partial charge in [0.05, 0.1) is 6.54 Å². The lowest BCUT2D eigenvalue weighted by molar-refractivity contribution is 0.563. The maximum absolute atomic E-state index is 9.62. The van der Waals surface area contributed by atoms with Crippen molar-refractivity contribution < 1.29 is 4.79 Å². The second-order valence-electron chi connectivity index (χ2n) is 1.80. The van der Waals surface area contributed by atoms with Crippen LogP contribution in [0.4, 0.5) is 0 Å². The Bertz CT molecular complexity index is 223. The van der Waals surface area contributed by atoms with E-state index in [1.807, 2.05) is 6.07 Å². The number of nitrogens with one attached hydrogen (secondary N) is 1. The third-order valence-corrected chi connectivity index (χ3v) is 1.12. The Morgan fingerprint density at radius 2 is 2.70 bits per heavy atom. The summed E-state index contributed by atoms with van der Waals surface area (Å²) in [6.07, 6.45) is 3.85. The first-order chi connectivity index (χ1) is 4.93. The second-order valence-corrected chi connectivity index (χ2v) is 1.80. The van der Waals surface area contributed by atoms with Crippen LogP contribution in [-0.4, -0.2) is 22.8 Å². The number of nitrogens with zero attached hydrogens (tertiary/aromatic N) is 2. The van der Waals surface area contributed by atoms with Crippen LogP contribution >= 0.6 is 0 Å². The minimum atomic E-state index is 0.478. The second kappa shape index (κ2) is 3.58. The van der Waals surface area contributed by atoms with E-state index in [-0.39, 0.29) is 0 Å². The first-order valence-corrected chi connectivity index (χ1v) is 2.95. The van der Waals surface area contributed by atoms with Gasteiger partial charge in [-0.2, -0.15) is 5.10 Å². The Kier molecular flexibility index (Phi) is 2.40. The molecule has 0 bridgehead atoms. The van der Waals surface area contributed by atoms with Crippen molar-refractivity contribution in [3.05, 3.63) is 18.0 Å². The van der Waals surface area contributed by atoms with Crippen molar-refractivity contribution >= 4 is 6.08 Å². The van der Waals surface area contributed by atoms with E-state index in [9.17, 15) is 4.79 Å². The molecule has 0 aromatic carbocycles. The minimum absolute atomic E-state index is 0.478. The van der Waals surface area contributed by atoms with Crippen molar-refractivity contribution in [3.8, 4) is 0 Å². The normalized spacial score (nSPS) is 8.80.